The molecule has 0 heterocycles. The van der Waals surface area contributed by atoms with Gasteiger partial charge in [0, 0.05) is 23.2 Å². The first kappa shape index (κ1) is 17.0. The fraction of sp³-hybridized carbons (Fsp3) is 0.125. The Bertz CT molecular complexity index is 721. The van der Waals surface area contributed by atoms with Crippen molar-refractivity contribution >= 4 is 29.3 Å². The van der Waals surface area contributed by atoms with Crippen LogP contribution >= 0.6 is 11.8 Å². The van der Waals surface area contributed by atoms with E-state index in [2.05, 4.69) is 10.6 Å². The van der Waals surface area contributed by atoms with Gasteiger partial charge in [0.15, 0.2) is 11.6 Å². The molecule has 0 unspecified atom stereocenters. The van der Waals surface area contributed by atoms with Gasteiger partial charge in [-0.25, -0.2) is 8.78 Å². The van der Waals surface area contributed by atoms with Crippen LogP contribution in [0, 0.1) is 11.6 Å². The van der Waals surface area contributed by atoms with Gasteiger partial charge in [-0.1, -0.05) is 0 Å². The molecule has 120 valence electrons. The van der Waals surface area contributed by atoms with Crippen molar-refractivity contribution in [1.82, 2.24) is 5.32 Å². The molecular weight excluding hydrogens is 322 g/mol. The van der Waals surface area contributed by atoms with Crippen molar-refractivity contribution in [2.45, 2.75) is 4.90 Å². The molecule has 0 aliphatic heterocycles. The predicted octanol–water partition coefficient (Wildman–Crippen LogP) is 3.06. The summed E-state index contributed by atoms with van der Waals surface area (Å²) in [6.45, 7) is 0. The monoisotopic (exact) mass is 336 g/mol. The first-order valence-electron chi connectivity index (χ1n) is 6.69. The van der Waals surface area contributed by atoms with Gasteiger partial charge in [-0.2, -0.15) is 0 Å². The van der Waals surface area contributed by atoms with Gasteiger partial charge in [-0.05, 0) is 42.5 Å². The highest BCUT2D eigenvalue weighted by molar-refractivity contribution is 8.00. The second-order valence-corrected chi connectivity index (χ2v) is 5.62. The summed E-state index contributed by atoms with van der Waals surface area (Å²) in [5.74, 6) is -2.30. The maximum atomic E-state index is 13.1. The van der Waals surface area contributed by atoms with Crippen molar-refractivity contribution < 1.29 is 18.4 Å². The Hall–Kier alpha value is -2.41. The van der Waals surface area contributed by atoms with E-state index in [0.29, 0.717) is 16.1 Å². The molecule has 7 heteroatoms. The van der Waals surface area contributed by atoms with Crippen LogP contribution < -0.4 is 10.6 Å². The third kappa shape index (κ3) is 4.79. The lowest BCUT2D eigenvalue weighted by Gasteiger charge is -2.06. The van der Waals surface area contributed by atoms with E-state index in [1.165, 1.54) is 13.1 Å². The van der Waals surface area contributed by atoms with Crippen molar-refractivity contribution in [3.05, 3.63) is 59.7 Å². The van der Waals surface area contributed by atoms with Gasteiger partial charge >= 0.3 is 0 Å². The van der Waals surface area contributed by atoms with Crippen molar-refractivity contribution in [1.29, 1.82) is 0 Å². The molecule has 0 aliphatic carbocycles. The molecule has 2 aromatic carbocycles. The highest BCUT2D eigenvalue weighted by Crippen LogP contribution is 2.20. The van der Waals surface area contributed by atoms with Crippen molar-refractivity contribution in [2.24, 2.45) is 0 Å². The van der Waals surface area contributed by atoms with Gasteiger partial charge in [0.1, 0.15) is 0 Å². The fourth-order valence-electron chi connectivity index (χ4n) is 1.76. The fourth-order valence-corrected chi connectivity index (χ4v) is 2.48. The Morgan fingerprint density at radius 1 is 1.04 bits per heavy atom. The number of hydrogen-bond donors (Lipinski definition) is 2. The zero-order valence-corrected chi connectivity index (χ0v) is 13.0. The molecule has 0 spiro atoms. The minimum absolute atomic E-state index is 0.0578. The first-order valence-corrected chi connectivity index (χ1v) is 7.68. The minimum atomic E-state index is -0.944. The van der Waals surface area contributed by atoms with Gasteiger partial charge in [-0.3, -0.25) is 9.59 Å². The van der Waals surface area contributed by atoms with Crippen molar-refractivity contribution in [2.75, 3.05) is 18.1 Å². The lowest BCUT2D eigenvalue weighted by molar-refractivity contribution is -0.113. The van der Waals surface area contributed by atoms with E-state index in [-0.39, 0.29) is 17.6 Å². The quantitative estimate of drug-likeness (QED) is 0.825. The van der Waals surface area contributed by atoms with E-state index in [1.54, 1.807) is 24.3 Å². The second-order valence-electron chi connectivity index (χ2n) is 4.57. The number of nitrogens with one attached hydrogen (secondary N) is 2. The Kier molecular flexibility index (Phi) is 5.70. The molecule has 2 aromatic rings. The molecule has 0 saturated carbocycles. The molecule has 0 aromatic heterocycles. The molecule has 2 rings (SSSR count). The van der Waals surface area contributed by atoms with Crippen LogP contribution in [0.25, 0.3) is 0 Å². The number of anilines is 1. The number of halogens is 2. The average Bonchev–Trinajstić information content (AvgIpc) is 2.56. The van der Waals surface area contributed by atoms with Crippen LogP contribution in [0.4, 0.5) is 14.5 Å². The molecule has 2 N–H and O–H groups in total. The van der Waals surface area contributed by atoms with Gasteiger partial charge in [0.25, 0.3) is 5.91 Å². The number of carbonyl (C=O) groups is 2. The largest absolute Gasteiger partial charge is 0.355 e. The average molecular weight is 336 g/mol. The maximum absolute atomic E-state index is 13.1. The molecule has 23 heavy (non-hydrogen) atoms. The van der Waals surface area contributed by atoms with Gasteiger partial charge in [0.2, 0.25) is 5.91 Å². The lowest BCUT2D eigenvalue weighted by Crippen LogP contribution is -2.18. The number of amides is 2. The molecule has 0 atom stereocenters. The zero-order chi connectivity index (χ0) is 16.8. The number of thioether (sulfide) groups is 1. The summed E-state index contributed by atoms with van der Waals surface area (Å²) in [6, 6.07) is 9.90. The van der Waals surface area contributed by atoms with Gasteiger partial charge in [0.05, 0.1) is 5.75 Å². The number of benzene rings is 2. The molecule has 0 saturated heterocycles. The molecular formula is C16H14F2N2O2S. The Balaban J connectivity index is 1.89. The summed E-state index contributed by atoms with van der Waals surface area (Å²) < 4.78 is 25.9. The molecule has 0 radical (unpaired) electrons. The van der Waals surface area contributed by atoms with E-state index in [4.69, 9.17) is 0 Å². The normalized spacial score (nSPS) is 10.2. The van der Waals surface area contributed by atoms with E-state index in [0.717, 1.165) is 23.9 Å². The maximum Gasteiger partial charge on any atom is 0.251 e. The van der Waals surface area contributed by atoms with Crippen LogP contribution in [0.1, 0.15) is 10.4 Å². The summed E-state index contributed by atoms with van der Waals surface area (Å²) in [5.41, 5.74) is 1.04. The van der Waals surface area contributed by atoms with Crippen LogP contribution in [0.2, 0.25) is 0 Å². The van der Waals surface area contributed by atoms with Crippen LogP contribution in [0.5, 0.6) is 0 Å². The summed E-state index contributed by atoms with van der Waals surface area (Å²) in [7, 11) is 1.54. The smallest absolute Gasteiger partial charge is 0.251 e. The van der Waals surface area contributed by atoms with Crippen LogP contribution in [-0.4, -0.2) is 24.6 Å². The van der Waals surface area contributed by atoms with Crippen LogP contribution in [-0.2, 0) is 4.79 Å². The SMILES string of the molecule is CNC(=O)c1ccc(NC(=O)CSc2ccc(F)c(F)c2)cc1. The van der Waals surface area contributed by atoms with E-state index in [1.807, 2.05) is 0 Å². The third-order valence-corrected chi connectivity index (χ3v) is 3.91. The Labute approximate surface area is 136 Å². The van der Waals surface area contributed by atoms with E-state index >= 15 is 0 Å². The van der Waals surface area contributed by atoms with Crippen LogP contribution in [0.15, 0.2) is 47.4 Å². The summed E-state index contributed by atoms with van der Waals surface area (Å²) in [6.07, 6.45) is 0. The van der Waals surface area contributed by atoms with E-state index in [9.17, 15) is 18.4 Å². The molecule has 0 bridgehead atoms. The standard InChI is InChI=1S/C16H14F2N2O2S/c1-19-16(22)10-2-4-11(5-3-10)20-15(21)9-23-12-6-7-13(17)14(18)8-12/h2-8H,9H2,1H3,(H,19,22)(H,20,21). The van der Waals surface area contributed by atoms with Gasteiger partial charge in [-0.15, -0.1) is 11.8 Å². The summed E-state index contributed by atoms with van der Waals surface area (Å²) in [4.78, 5) is 23.7. The third-order valence-electron chi connectivity index (χ3n) is 2.92. The van der Waals surface area contributed by atoms with E-state index < -0.39 is 11.6 Å². The topological polar surface area (TPSA) is 58.2 Å². The Morgan fingerprint density at radius 2 is 1.74 bits per heavy atom. The lowest BCUT2D eigenvalue weighted by atomic mass is 10.2. The first-order chi connectivity index (χ1) is 11.0. The molecule has 0 aliphatic rings. The number of carbonyl (C=O) groups excluding carboxylic acids is 2. The predicted molar refractivity (Wildman–Crippen MR) is 85.5 cm³/mol. The molecule has 4 nitrogen and oxygen atoms in total. The molecule has 2 amide bonds. The number of hydrogen-bond acceptors (Lipinski definition) is 3. The summed E-state index contributed by atoms with van der Waals surface area (Å²) >= 11 is 1.10. The highest BCUT2D eigenvalue weighted by atomic mass is 32.2. The highest BCUT2D eigenvalue weighted by Gasteiger charge is 2.08. The van der Waals surface area contributed by atoms with Crippen molar-refractivity contribution in [3.8, 4) is 0 Å². The van der Waals surface area contributed by atoms with Gasteiger partial charge < -0.3 is 10.6 Å². The summed E-state index contributed by atoms with van der Waals surface area (Å²) in [5, 5.41) is 5.16. The number of rotatable bonds is 5. The zero-order valence-electron chi connectivity index (χ0n) is 12.2. The minimum Gasteiger partial charge on any atom is -0.355 e. The Morgan fingerprint density at radius 3 is 2.35 bits per heavy atom. The molecule has 0 fully saturated rings. The van der Waals surface area contributed by atoms with Crippen LogP contribution in [0.3, 0.4) is 0 Å². The second kappa shape index (κ2) is 7.73. The van der Waals surface area contributed by atoms with Crippen molar-refractivity contribution in [3.63, 3.8) is 0 Å².